The number of halogens is 2. The van der Waals surface area contributed by atoms with Gasteiger partial charge in [-0.25, -0.2) is 8.42 Å². The van der Waals surface area contributed by atoms with Crippen LogP contribution in [0.2, 0.25) is 10.0 Å². The number of sulfonamides is 1. The molecule has 2 rings (SSSR count). The molecule has 1 N–H and O–H groups in total. The van der Waals surface area contributed by atoms with Crippen LogP contribution in [-0.4, -0.2) is 50.5 Å². The molecule has 2 amide bonds. The van der Waals surface area contributed by atoms with Crippen LogP contribution in [0.5, 0.6) is 0 Å². The van der Waals surface area contributed by atoms with Crippen molar-refractivity contribution in [3.05, 3.63) is 64.1 Å². The van der Waals surface area contributed by atoms with Gasteiger partial charge in [0.15, 0.2) is 0 Å². The van der Waals surface area contributed by atoms with Gasteiger partial charge in [0.2, 0.25) is 21.8 Å². The third-order valence-corrected chi connectivity index (χ3v) is 6.45. The van der Waals surface area contributed by atoms with Gasteiger partial charge in [0.05, 0.1) is 17.0 Å². The number of anilines is 1. The summed E-state index contributed by atoms with van der Waals surface area (Å²) in [6, 6.07) is 12.8. The van der Waals surface area contributed by atoms with Crippen LogP contribution in [0.1, 0.15) is 25.8 Å². The first-order valence-corrected chi connectivity index (χ1v) is 12.7. The van der Waals surface area contributed by atoms with Crippen LogP contribution in [0.15, 0.2) is 48.5 Å². The van der Waals surface area contributed by atoms with Gasteiger partial charge < -0.3 is 10.2 Å². The molecule has 0 spiro atoms. The predicted molar refractivity (Wildman–Crippen MR) is 128 cm³/mol. The number of amides is 2. The van der Waals surface area contributed by atoms with E-state index in [0.717, 1.165) is 16.1 Å². The number of hydrogen-bond acceptors (Lipinski definition) is 4. The Labute approximate surface area is 199 Å². The van der Waals surface area contributed by atoms with E-state index in [-0.39, 0.29) is 23.2 Å². The van der Waals surface area contributed by atoms with Crippen molar-refractivity contribution in [1.29, 1.82) is 0 Å². The minimum absolute atomic E-state index is 0.0982. The second-order valence-electron chi connectivity index (χ2n) is 7.19. The van der Waals surface area contributed by atoms with Gasteiger partial charge >= 0.3 is 0 Å². The first-order valence-electron chi connectivity index (χ1n) is 10.1. The van der Waals surface area contributed by atoms with Gasteiger partial charge in [-0.1, -0.05) is 60.5 Å². The average molecular weight is 500 g/mol. The Balaban J connectivity index is 2.44. The molecular formula is C22H27Cl2N3O4S. The molecule has 0 radical (unpaired) electrons. The van der Waals surface area contributed by atoms with Gasteiger partial charge in [0, 0.05) is 18.1 Å². The molecule has 0 aliphatic rings. The van der Waals surface area contributed by atoms with Gasteiger partial charge in [-0.05, 0) is 37.1 Å². The first kappa shape index (κ1) is 26.0. The molecule has 0 heterocycles. The Morgan fingerprint density at radius 2 is 1.72 bits per heavy atom. The van der Waals surface area contributed by atoms with Crippen LogP contribution in [0.3, 0.4) is 0 Å². The average Bonchev–Trinajstić information content (AvgIpc) is 2.72. The summed E-state index contributed by atoms with van der Waals surface area (Å²) in [5.74, 6) is -0.821. The van der Waals surface area contributed by atoms with Crippen LogP contribution < -0.4 is 9.62 Å². The monoisotopic (exact) mass is 499 g/mol. The van der Waals surface area contributed by atoms with Crippen LogP contribution in [0, 0.1) is 0 Å². The summed E-state index contributed by atoms with van der Waals surface area (Å²) in [4.78, 5) is 27.5. The number of benzene rings is 2. The highest BCUT2D eigenvalue weighted by Crippen LogP contribution is 2.30. The molecule has 2 aromatic rings. The SMILES string of the molecule is CCNC(=O)[C@@H](CC)N(Cc1ccccc1)C(=O)CN(c1ccc(Cl)cc1Cl)S(C)(=O)=O. The Morgan fingerprint density at radius 1 is 1.06 bits per heavy atom. The molecule has 0 saturated heterocycles. The third kappa shape index (κ3) is 6.85. The maximum atomic E-state index is 13.4. The van der Waals surface area contributed by atoms with Crippen molar-refractivity contribution in [2.24, 2.45) is 0 Å². The molecule has 0 aliphatic carbocycles. The highest BCUT2D eigenvalue weighted by molar-refractivity contribution is 7.92. The zero-order valence-electron chi connectivity index (χ0n) is 18.2. The van der Waals surface area contributed by atoms with Gasteiger partial charge in [0.1, 0.15) is 12.6 Å². The largest absolute Gasteiger partial charge is 0.355 e. The highest BCUT2D eigenvalue weighted by Gasteiger charge is 2.32. The Kier molecular flexibility index (Phi) is 9.36. The van der Waals surface area contributed by atoms with Gasteiger partial charge in [-0.15, -0.1) is 0 Å². The van der Waals surface area contributed by atoms with E-state index in [4.69, 9.17) is 23.2 Å². The van der Waals surface area contributed by atoms with E-state index in [1.165, 1.54) is 23.1 Å². The topological polar surface area (TPSA) is 86.8 Å². The van der Waals surface area contributed by atoms with Crippen molar-refractivity contribution in [3.8, 4) is 0 Å². The number of hydrogen-bond donors (Lipinski definition) is 1. The fraction of sp³-hybridized carbons (Fsp3) is 0.364. The molecule has 0 bridgehead atoms. The van der Waals surface area contributed by atoms with E-state index in [0.29, 0.717) is 18.0 Å². The molecule has 0 aromatic heterocycles. The summed E-state index contributed by atoms with van der Waals surface area (Å²) in [6.07, 6.45) is 1.36. The summed E-state index contributed by atoms with van der Waals surface area (Å²) in [6.45, 7) is 3.65. The third-order valence-electron chi connectivity index (χ3n) is 4.79. The molecule has 10 heteroatoms. The van der Waals surface area contributed by atoms with Crippen molar-refractivity contribution in [2.45, 2.75) is 32.9 Å². The zero-order chi connectivity index (χ0) is 23.9. The van der Waals surface area contributed by atoms with E-state index in [1.807, 2.05) is 30.3 Å². The number of nitrogens with zero attached hydrogens (tertiary/aromatic N) is 2. The molecule has 7 nitrogen and oxygen atoms in total. The van der Waals surface area contributed by atoms with Crippen LogP contribution in [0.25, 0.3) is 0 Å². The molecule has 1 atom stereocenters. The van der Waals surface area contributed by atoms with E-state index >= 15 is 0 Å². The number of carbonyl (C=O) groups is 2. The molecule has 0 unspecified atom stereocenters. The van der Waals surface area contributed by atoms with E-state index < -0.39 is 28.5 Å². The lowest BCUT2D eigenvalue weighted by molar-refractivity contribution is -0.140. The van der Waals surface area contributed by atoms with Crippen LogP contribution in [0.4, 0.5) is 5.69 Å². The maximum absolute atomic E-state index is 13.4. The number of carbonyl (C=O) groups excluding carboxylic acids is 2. The maximum Gasteiger partial charge on any atom is 0.244 e. The lowest BCUT2D eigenvalue weighted by Gasteiger charge is -2.33. The van der Waals surface area contributed by atoms with Crippen molar-refractivity contribution in [2.75, 3.05) is 23.7 Å². The Hall–Kier alpha value is -2.29. The smallest absolute Gasteiger partial charge is 0.244 e. The van der Waals surface area contributed by atoms with Gasteiger partial charge in [-0.3, -0.25) is 13.9 Å². The van der Waals surface area contributed by atoms with Crippen molar-refractivity contribution in [3.63, 3.8) is 0 Å². The standard InChI is InChI=1S/C22H27Cl2N3O4S/c1-4-19(22(29)25-5-2)26(14-16-9-7-6-8-10-16)21(28)15-27(32(3,30)31)20-12-11-17(23)13-18(20)24/h6-13,19H,4-5,14-15H2,1-3H3,(H,25,29)/t19-/m1/s1. The lowest BCUT2D eigenvalue weighted by Crippen LogP contribution is -2.52. The van der Waals surface area contributed by atoms with Crippen LogP contribution >= 0.6 is 23.2 Å². The quantitative estimate of drug-likeness (QED) is 0.539. The summed E-state index contributed by atoms with van der Waals surface area (Å²) in [5, 5.41) is 3.19. The summed E-state index contributed by atoms with van der Waals surface area (Å²) >= 11 is 12.2. The van der Waals surface area contributed by atoms with Crippen molar-refractivity contribution in [1.82, 2.24) is 10.2 Å². The first-order chi connectivity index (χ1) is 15.1. The molecule has 0 fully saturated rings. The molecule has 32 heavy (non-hydrogen) atoms. The molecule has 0 saturated carbocycles. The Bertz CT molecular complexity index is 1050. The van der Waals surface area contributed by atoms with Crippen molar-refractivity contribution < 1.29 is 18.0 Å². The predicted octanol–water partition coefficient (Wildman–Crippen LogP) is 3.70. The fourth-order valence-corrected chi connectivity index (χ4v) is 4.69. The summed E-state index contributed by atoms with van der Waals surface area (Å²) < 4.78 is 26.0. The number of rotatable bonds is 10. The van der Waals surface area contributed by atoms with Crippen molar-refractivity contribution >= 4 is 50.7 Å². The minimum atomic E-state index is -3.86. The fourth-order valence-electron chi connectivity index (χ4n) is 3.27. The normalized spacial score (nSPS) is 12.2. The van der Waals surface area contributed by atoms with E-state index in [9.17, 15) is 18.0 Å². The second kappa shape index (κ2) is 11.5. The van der Waals surface area contributed by atoms with Gasteiger partial charge in [0.25, 0.3) is 0 Å². The molecule has 2 aromatic carbocycles. The molecule has 174 valence electrons. The zero-order valence-corrected chi connectivity index (χ0v) is 20.5. The second-order valence-corrected chi connectivity index (χ2v) is 9.94. The summed E-state index contributed by atoms with van der Waals surface area (Å²) in [7, 11) is -3.86. The van der Waals surface area contributed by atoms with E-state index in [1.54, 1.807) is 13.8 Å². The lowest BCUT2D eigenvalue weighted by atomic mass is 10.1. The number of likely N-dealkylation sites (N-methyl/N-ethyl adjacent to an activating group) is 1. The minimum Gasteiger partial charge on any atom is -0.355 e. The Morgan fingerprint density at radius 3 is 2.25 bits per heavy atom. The van der Waals surface area contributed by atoms with Gasteiger partial charge in [-0.2, -0.15) is 0 Å². The highest BCUT2D eigenvalue weighted by atomic mass is 35.5. The number of nitrogens with one attached hydrogen (secondary N) is 1. The molecule has 0 aliphatic heterocycles. The summed E-state index contributed by atoms with van der Waals surface area (Å²) in [5.41, 5.74) is 0.955. The molecular weight excluding hydrogens is 473 g/mol. The van der Waals surface area contributed by atoms with Crippen LogP contribution in [-0.2, 0) is 26.2 Å². The van der Waals surface area contributed by atoms with E-state index in [2.05, 4.69) is 5.32 Å².